The Kier molecular flexibility index (Phi) is 3.74. The van der Waals surface area contributed by atoms with Gasteiger partial charge in [-0.3, -0.25) is 4.79 Å². The van der Waals surface area contributed by atoms with Gasteiger partial charge in [0.1, 0.15) is 0 Å². The summed E-state index contributed by atoms with van der Waals surface area (Å²) in [6, 6.07) is 16.6. The standard InChI is InChI=1S/C23H23ClO/c24-19-8-5-14(6-9-19)16-11-17-13-18(12-16)22(17)21-10-7-15-3-1-2-4-20(15)23(21)25/h1-6,8-9,16-18,21-22H,7,10-13H2/t16?,17-,18+,21?,22?. The highest BCUT2D eigenvalue weighted by atomic mass is 35.5. The number of carbonyl (C=O) groups excluding carboxylic acids is 1. The monoisotopic (exact) mass is 350 g/mol. The van der Waals surface area contributed by atoms with Gasteiger partial charge in [-0.1, -0.05) is 48.0 Å². The van der Waals surface area contributed by atoms with Crippen LogP contribution in [-0.4, -0.2) is 5.78 Å². The molecule has 2 bridgehead atoms. The molecule has 0 aliphatic heterocycles. The van der Waals surface area contributed by atoms with Crippen molar-refractivity contribution >= 4 is 17.4 Å². The Morgan fingerprint density at radius 1 is 0.880 bits per heavy atom. The summed E-state index contributed by atoms with van der Waals surface area (Å²) in [4.78, 5) is 13.1. The van der Waals surface area contributed by atoms with E-state index >= 15 is 0 Å². The van der Waals surface area contributed by atoms with Crippen molar-refractivity contribution in [1.82, 2.24) is 0 Å². The van der Waals surface area contributed by atoms with Gasteiger partial charge in [-0.25, -0.2) is 0 Å². The number of benzene rings is 2. The predicted molar refractivity (Wildman–Crippen MR) is 101 cm³/mol. The van der Waals surface area contributed by atoms with Crippen LogP contribution in [0.2, 0.25) is 5.02 Å². The number of aryl methyl sites for hydroxylation is 1. The number of fused-ring (bicyclic) bond motifs is 3. The third-order valence-electron chi connectivity index (χ3n) is 7.02. The van der Waals surface area contributed by atoms with Crippen molar-refractivity contribution in [3.63, 3.8) is 0 Å². The first-order valence-electron chi connectivity index (χ1n) is 9.58. The molecule has 6 rings (SSSR count). The SMILES string of the molecule is O=C1c2ccccc2CCC1C1[C@@H]2CC(c3ccc(Cl)cc3)C[C@H]1C2. The molecule has 5 atom stereocenters. The largest absolute Gasteiger partial charge is 0.294 e. The molecule has 0 radical (unpaired) electrons. The number of halogens is 1. The number of hydrogen-bond acceptors (Lipinski definition) is 1. The first kappa shape index (κ1) is 15.6. The summed E-state index contributed by atoms with van der Waals surface area (Å²) < 4.78 is 0. The molecule has 0 aromatic heterocycles. The molecule has 0 amide bonds. The molecule has 25 heavy (non-hydrogen) atoms. The summed E-state index contributed by atoms with van der Waals surface area (Å²) in [5, 5.41) is 0.814. The highest BCUT2D eigenvalue weighted by Crippen LogP contribution is 2.59. The van der Waals surface area contributed by atoms with Gasteiger partial charge < -0.3 is 0 Å². The zero-order chi connectivity index (χ0) is 17.0. The Morgan fingerprint density at radius 2 is 1.60 bits per heavy atom. The lowest BCUT2D eigenvalue weighted by atomic mass is 9.48. The van der Waals surface area contributed by atoms with E-state index in [-0.39, 0.29) is 5.92 Å². The van der Waals surface area contributed by atoms with Crippen molar-refractivity contribution in [2.75, 3.05) is 0 Å². The van der Waals surface area contributed by atoms with Gasteiger partial charge in [0.05, 0.1) is 0 Å². The fourth-order valence-corrected chi connectivity index (χ4v) is 6.00. The van der Waals surface area contributed by atoms with Crippen molar-refractivity contribution in [3.05, 3.63) is 70.2 Å². The normalized spacial score (nSPS) is 33.5. The predicted octanol–water partition coefficient (Wildman–Crippen LogP) is 5.92. The van der Waals surface area contributed by atoms with Gasteiger partial charge in [-0.05, 0) is 79.0 Å². The molecule has 0 spiro atoms. The second-order valence-electron chi connectivity index (χ2n) is 8.22. The fraction of sp³-hybridized carbons (Fsp3) is 0.435. The van der Waals surface area contributed by atoms with Crippen molar-refractivity contribution in [1.29, 1.82) is 0 Å². The zero-order valence-corrected chi connectivity index (χ0v) is 15.1. The minimum Gasteiger partial charge on any atom is -0.294 e. The summed E-state index contributed by atoms with van der Waals surface area (Å²) in [7, 11) is 0. The quantitative estimate of drug-likeness (QED) is 0.657. The Hall–Kier alpha value is -1.60. The minimum absolute atomic E-state index is 0.268. The van der Waals surface area contributed by atoms with E-state index in [0.29, 0.717) is 17.6 Å². The average molecular weight is 351 g/mol. The highest BCUT2D eigenvalue weighted by molar-refractivity contribution is 6.30. The maximum absolute atomic E-state index is 13.1. The first-order valence-corrected chi connectivity index (χ1v) is 9.96. The molecule has 0 N–H and O–H groups in total. The van der Waals surface area contributed by atoms with Crippen LogP contribution in [0.25, 0.3) is 0 Å². The summed E-state index contributed by atoms with van der Waals surface area (Å²) in [5.74, 6) is 3.45. The van der Waals surface area contributed by atoms with Gasteiger partial charge in [-0.2, -0.15) is 0 Å². The number of hydrogen-bond donors (Lipinski definition) is 0. The lowest BCUT2D eigenvalue weighted by Gasteiger charge is -2.56. The molecule has 4 aliphatic rings. The van der Waals surface area contributed by atoms with E-state index in [1.165, 1.54) is 30.4 Å². The Balaban J connectivity index is 1.34. The number of rotatable bonds is 2. The third-order valence-corrected chi connectivity index (χ3v) is 7.27. The Bertz CT molecular complexity index is 797. The van der Waals surface area contributed by atoms with Crippen molar-refractivity contribution in [2.24, 2.45) is 23.7 Å². The second-order valence-corrected chi connectivity index (χ2v) is 8.66. The molecule has 2 heteroatoms. The molecule has 3 saturated carbocycles. The van der Waals surface area contributed by atoms with E-state index in [9.17, 15) is 4.79 Å². The third kappa shape index (κ3) is 2.56. The van der Waals surface area contributed by atoms with Gasteiger partial charge in [0.2, 0.25) is 0 Å². The molecule has 1 nitrogen and oxygen atoms in total. The molecule has 4 aliphatic carbocycles. The van der Waals surface area contributed by atoms with E-state index in [1.807, 2.05) is 24.3 Å². The van der Waals surface area contributed by atoms with Crippen molar-refractivity contribution in [2.45, 2.75) is 38.0 Å². The molecule has 0 saturated heterocycles. The second kappa shape index (κ2) is 5.99. The molecular formula is C23H23ClO. The molecule has 2 aromatic rings. The lowest BCUT2D eigenvalue weighted by Crippen LogP contribution is -2.49. The first-order chi connectivity index (χ1) is 12.2. The summed E-state index contributed by atoms with van der Waals surface area (Å²) in [6.45, 7) is 0. The smallest absolute Gasteiger partial charge is 0.166 e. The van der Waals surface area contributed by atoms with Crippen LogP contribution in [-0.2, 0) is 6.42 Å². The molecule has 0 heterocycles. The summed E-state index contributed by atoms with van der Waals surface area (Å²) >= 11 is 6.03. The van der Waals surface area contributed by atoms with Crippen LogP contribution in [0.5, 0.6) is 0 Å². The summed E-state index contributed by atoms with van der Waals surface area (Å²) in [5.41, 5.74) is 3.68. The summed E-state index contributed by atoms with van der Waals surface area (Å²) in [6.07, 6.45) is 5.95. The van der Waals surface area contributed by atoms with E-state index < -0.39 is 0 Å². The molecule has 128 valence electrons. The van der Waals surface area contributed by atoms with Crippen LogP contribution in [0.15, 0.2) is 48.5 Å². The van der Waals surface area contributed by atoms with E-state index in [4.69, 9.17) is 11.6 Å². The molecule has 2 aromatic carbocycles. The van der Waals surface area contributed by atoms with E-state index in [1.54, 1.807) is 0 Å². The molecule has 3 unspecified atom stereocenters. The average Bonchev–Trinajstić information content (AvgIpc) is 2.65. The van der Waals surface area contributed by atoms with Gasteiger partial charge in [0, 0.05) is 16.5 Å². The number of ketones is 1. The Morgan fingerprint density at radius 3 is 2.36 bits per heavy atom. The lowest BCUT2D eigenvalue weighted by molar-refractivity contribution is -0.0342. The zero-order valence-electron chi connectivity index (χ0n) is 14.3. The maximum Gasteiger partial charge on any atom is 0.166 e. The van der Waals surface area contributed by atoms with Crippen LogP contribution in [0.4, 0.5) is 0 Å². The maximum atomic E-state index is 13.1. The minimum atomic E-state index is 0.268. The van der Waals surface area contributed by atoms with Gasteiger partial charge >= 0.3 is 0 Å². The Labute approximate surface area is 154 Å². The molecular weight excluding hydrogens is 328 g/mol. The van der Waals surface area contributed by atoms with Crippen LogP contribution < -0.4 is 0 Å². The number of Topliss-reactive ketones (excluding diaryl/α,β-unsaturated/α-hetero) is 1. The van der Waals surface area contributed by atoms with Crippen LogP contribution in [0.3, 0.4) is 0 Å². The van der Waals surface area contributed by atoms with Crippen LogP contribution in [0.1, 0.15) is 53.1 Å². The van der Waals surface area contributed by atoms with E-state index in [0.717, 1.165) is 35.3 Å². The van der Waals surface area contributed by atoms with Gasteiger partial charge in [0.25, 0.3) is 0 Å². The van der Waals surface area contributed by atoms with Crippen molar-refractivity contribution in [3.8, 4) is 0 Å². The van der Waals surface area contributed by atoms with E-state index in [2.05, 4.69) is 24.3 Å². The fourth-order valence-electron chi connectivity index (χ4n) is 5.88. The van der Waals surface area contributed by atoms with Crippen molar-refractivity contribution < 1.29 is 4.79 Å². The van der Waals surface area contributed by atoms with Crippen LogP contribution >= 0.6 is 11.6 Å². The van der Waals surface area contributed by atoms with Gasteiger partial charge in [-0.15, -0.1) is 0 Å². The number of carbonyl (C=O) groups is 1. The molecule has 3 fully saturated rings. The topological polar surface area (TPSA) is 17.1 Å². The van der Waals surface area contributed by atoms with Gasteiger partial charge in [0.15, 0.2) is 5.78 Å². The highest BCUT2D eigenvalue weighted by Gasteiger charge is 2.52. The van der Waals surface area contributed by atoms with Crippen LogP contribution in [0, 0.1) is 23.7 Å².